The molecular weight excluding hydrogens is 366 g/mol. The van der Waals surface area contributed by atoms with Crippen LogP contribution in [0.5, 0.6) is 5.75 Å². The SMILES string of the molecule is Cc1cc(C)c(NC(=O)CN(C)CC(O)c2ccc(OC(F)F)cc2)c(C)c1. The van der Waals surface area contributed by atoms with Crippen LogP contribution in [0.2, 0.25) is 0 Å². The summed E-state index contributed by atoms with van der Waals surface area (Å²) in [5, 5.41) is 13.2. The third kappa shape index (κ3) is 6.28. The van der Waals surface area contributed by atoms with Crippen molar-refractivity contribution in [3.63, 3.8) is 0 Å². The first-order chi connectivity index (χ1) is 13.2. The van der Waals surface area contributed by atoms with E-state index in [-0.39, 0.29) is 24.7 Å². The number of aliphatic hydroxyl groups excluding tert-OH is 1. The summed E-state index contributed by atoms with van der Waals surface area (Å²) >= 11 is 0. The highest BCUT2D eigenvalue weighted by Crippen LogP contribution is 2.22. The molecule has 0 bridgehead atoms. The number of aliphatic hydroxyl groups is 1. The van der Waals surface area contributed by atoms with Crippen LogP contribution in [0.1, 0.15) is 28.4 Å². The first-order valence-electron chi connectivity index (χ1n) is 8.94. The summed E-state index contributed by atoms with van der Waals surface area (Å²) in [4.78, 5) is 14.1. The van der Waals surface area contributed by atoms with Crippen LogP contribution in [0.15, 0.2) is 36.4 Å². The van der Waals surface area contributed by atoms with E-state index in [2.05, 4.69) is 10.1 Å². The van der Waals surface area contributed by atoms with Gasteiger partial charge in [-0.2, -0.15) is 8.78 Å². The Kier molecular flexibility index (Phi) is 7.48. The van der Waals surface area contributed by atoms with Crippen molar-refractivity contribution in [1.29, 1.82) is 0 Å². The van der Waals surface area contributed by atoms with E-state index >= 15 is 0 Å². The number of nitrogens with one attached hydrogen (secondary N) is 1. The molecule has 0 aliphatic carbocycles. The number of halogens is 2. The van der Waals surface area contributed by atoms with E-state index in [0.717, 1.165) is 22.4 Å². The molecule has 2 N–H and O–H groups in total. The van der Waals surface area contributed by atoms with Crippen molar-refractivity contribution in [2.24, 2.45) is 0 Å². The fourth-order valence-corrected chi connectivity index (χ4v) is 3.14. The molecule has 2 rings (SSSR count). The lowest BCUT2D eigenvalue weighted by atomic mass is 10.1. The van der Waals surface area contributed by atoms with Gasteiger partial charge in [0.2, 0.25) is 5.91 Å². The van der Waals surface area contributed by atoms with Gasteiger partial charge in [0, 0.05) is 12.2 Å². The van der Waals surface area contributed by atoms with E-state index < -0.39 is 12.7 Å². The van der Waals surface area contributed by atoms with Gasteiger partial charge in [0.25, 0.3) is 0 Å². The van der Waals surface area contributed by atoms with Gasteiger partial charge >= 0.3 is 6.61 Å². The van der Waals surface area contributed by atoms with Gasteiger partial charge in [-0.05, 0) is 56.6 Å². The van der Waals surface area contributed by atoms with Gasteiger partial charge in [-0.1, -0.05) is 29.8 Å². The fraction of sp³-hybridized carbons (Fsp3) is 0.381. The molecule has 7 heteroatoms. The van der Waals surface area contributed by atoms with Crippen molar-refractivity contribution in [2.75, 3.05) is 25.5 Å². The van der Waals surface area contributed by atoms with Gasteiger partial charge in [-0.15, -0.1) is 0 Å². The molecule has 2 aromatic rings. The standard InChI is InChI=1S/C21H26F2N2O3/c1-13-9-14(2)20(15(3)10-13)24-19(27)12-25(4)11-18(26)16-5-7-17(8-6-16)28-21(22)23/h5-10,18,21,26H,11-12H2,1-4H3,(H,24,27). The number of hydrogen-bond acceptors (Lipinski definition) is 4. The van der Waals surface area contributed by atoms with Crippen molar-refractivity contribution < 1.29 is 23.4 Å². The number of amides is 1. The Balaban J connectivity index is 1.90. The highest BCUT2D eigenvalue weighted by Gasteiger charge is 2.15. The molecule has 5 nitrogen and oxygen atoms in total. The van der Waals surface area contributed by atoms with E-state index in [4.69, 9.17) is 0 Å². The zero-order valence-electron chi connectivity index (χ0n) is 16.5. The van der Waals surface area contributed by atoms with Crippen LogP contribution in [0.4, 0.5) is 14.5 Å². The average molecular weight is 392 g/mol. The summed E-state index contributed by atoms with van der Waals surface area (Å²) in [5.74, 6) is -0.145. The molecule has 0 radical (unpaired) electrons. The summed E-state index contributed by atoms with van der Waals surface area (Å²) in [7, 11) is 1.73. The van der Waals surface area contributed by atoms with E-state index in [1.54, 1.807) is 11.9 Å². The molecule has 0 aliphatic heterocycles. The predicted molar refractivity (Wildman–Crippen MR) is 105 cm³/mol. The van der Waals surface area contributed by atoms with Gasteiger partial charge in [0.1, 0.15) is 5.75 Å². The maximum absolute atomic E-state index is 12.4. The van der Waals surface area contributed by atoms with Gasteiger partial charge < -0.3 is 15.2 Å². The van der Waals surface area contributed by atoms with Gasteiger partial charge in [0.05, 0.1) is 12.6 Å². The molecular formula is C21H26F2N2O3. The number of rotatable bonds is 8. The normalized spacial score (nSPS) is 12.3. The number of carbonyl (C=O) groups is 1. The van der Waals surface area contributed by atoms with Crippen molar-refractivity contribution in [3.05, 3.63) is 58.7 Å². The van der Waals surface area contributed by atoms with Crippen LogP contribution in [0, 0.1) is 20.8 Å². The van der Waals surface area contributed by atoms with Crippen LogP contribution >= 0.6 is 0 Å². The van der Waals surface area contributed by atoms with Crippen LogP contribution in [-0.2, 0) is 4.79 Å². The summed E-state index contributed by atoms with van der Waals surface area (Å²) < 4.78 is 28.7. The molecule has 1 atom stereocenters. The minimum Gasteiger partial charge on any atom is -0.435 e. The second kappa shape index (κ2) is 9.61. The third-order valence-corrected chi connectivity index (χ3v) is 4.33. The largest absolute Gasteiger partial charge is 0.435 e. The molecule has 0 heterocycles. The lowest BCUT2D eigenvalue weighted by molar-refractivity contribution is -0.117. The maximum Gasteiger partial charge on any atom is 0.387 e. The van der Waals surface area contributed by atoms with Gasteiger partial charge in [0.15, 0.2) is 0 Å². The Hall–Kier alpha value is -2.51. The Morgan fingerprint density at radius 3 is 2.25 bits per heavy atom. The predicted octanol–water partition coefficient (Wildman–Crippen LogP) is 3.82. The summed E-state index contributed by atoms with van der Waals surface area (Å²) in [6.07, 6.45) is -0.860. The second-order valence-electron chi connectivity index (χ2n) is 6.98. The van der Waals surface area contributed by atoms with Crippen molar-refractivity contribution >= 4 is 11.6 Å². The molecule has 1 unspecified atom stereocenters. The zero-order valence-corrected chi connectivity index (χ0v) is 16.5. The zero-order chi connectivity index (χ0) is 20.8. The van der Waals surface area contributed by atoms with Crippen LogP contribution in [0.3, 0.4) is 0 Å². The summed E-state index contributed by atoms with van der Waals surface area (Å²) in [5.41, 5.74) is 4.50. The highest BCUT2D eigenvalue weighted by molar-refractivity contribution is 5.93. The van der Waals surface area contributed by atoms with Crippen LogP contribution in [-0.4, -0.2) is 42.7 Å². The minimum atomic E-state index is -2.89. The Morgan fingerprint density at radius 2 is 1.71 bits per heavy atom. The topological polar surface area (TPSA) is 61.8 Å². The number of nitrogens with zero attached hydrogens (tertiary/aromatic N) is 1. The quantitative estimate of drug-likeness (QED) is 0.717. The molecule has 0 saturated heterocycles. The Labute approximate surface area is 163 Å². The second-order valence-corrected chi connectivity index (χ2v) is 6.98. The maximum atomic E-state index is 12.4. The molecule has 0 aromatic heterocycles. The van der Waals surface area contributed by atoms with E-state index in [1.807, 2.05) is 32.9 Å². The number of carbonyl (C=O) groups excluding carboxylic acids is 1. The fourth-order valence-electron chi connectivity index (χ4n) is 3.14. The van der Waals surface area contributed by atoms with E-state index in [0.29, 0.717) is 5.56 Å². The van der Waals surface area contributed by atoms with Crippen molar-refractivity contribution in [2.45, 2.75) is 33.5 Å². The number of ether oxygens (including phenoxy) is 1. The number of hydrogen-bond donors (Lipinski definition) is 2. The molecule has 0 spiro atoms. The third-order valence-electron chi connectivity index (χ3n) is 4.33. The lowest BCUT2D eigenvalue weighted by Crippen LogP contribution is -2.33. The smallest absolute Gasteiger partial charge is 0.387 e. The summed E-state index contributed by atoms with van der Waals surface area (Å²) in [6.45, 7) is 3.34. The first-order valence-corrected chi connectivity index (χ1v) is 8.94. The highest BCUT2D eigenvalue weighted by atomic mass is 19.3. The molecule has 1 amide bonds. The first kappa shape index (κ1) is 21.8. The Bertz CT molecular complexity index is 787. The molecule has 0 saturated carbocycles. The summed E-state index contributed by atoms with van der Waals surface area (Å²) in [6, 6.07) is 9.82. The van der Waals surface area contributed by atoms with Crippen molar-refractivity contribution in [3.8, 4) is 5.75 Å². The lowest BCUT2D eigenvalue weighted by Gasteiger charge is -2.21. The number of anilines is 1. The molecule has 28 heavy (non-hydrogen) atoms. The van der Waals surface area contributed by atoms with E-state index in [1.165, 1.54) is 24.3 Å². The molecule has 0 fully saturated rings. The molecule has 152 valence electrons. The van der Waals surface area contributed by atoms with Crippen LogP contribution in [0.25, 0.3) is 0 Å². The average Bonchev–Trinajstić information content (AvgIpc) is 2.58. The van der Waals surface area contributed by atoms with E-state index in [9.17, 15) is 18.7 Å². The number of likely N-dealkylation sites (N-methyl/N-ethyl adjacent to an activating group) is 1. The Morgan fingerprint density at radius 1 is 1.14 bits per heavy atom. The van der Waals surface area contributed by atoms with Gasteiger partial charge in [-0.25, -0.2) is 0 Å². The van der Waals surface area contributed by atoms with Crippen molar-refractivity contribution in [1.82, 2.24) is 4.90 Å². The molecule has 2 aromatic carbocycles. The molecule has 0 aliphatic rings. The monoisotopic (exact) mass is 392 g/mol. The minimum absolute atomic E-state index is 0.0301. The van der Waals surface area contributed by atoms with Crippen LogP contribution < -0.4 is 10.1 Å². The number of alkyl halides is 2. The number of aryl methyl sites for hydroxylation is 3. The van der Waals surface area contributed by atoms with Gasteiger partial charge in [-0.3, -0.25) is 9.69 Å². The number of benzene rings is 2.